The third-order valence-electron chi connectivity index (χ3n) is 3.12. The SMILES string of the molecule is CCCOCCCNS(=O)(=O)c1c(C)cc(NC)cc1C. The molecule has 0 fully saturated rings. The predicted molar refractivity (Wildman–Crippen MR) is 86.4 cm³/mol. The molecule has 1 aromatic rings. The van der Waals surface area contributed by atoms with Crippen LogP contribution in [0.1, 0.15) is 30.9 Å². The first-order valence-corrected chi connectivity index (χ1v) is 8.77. The molecule has 0 aliphatic rings. The second kappa shape index (κ2) is 8.36. The van der Waals surface area contributed by atoms with Crippen molar-refractivity contribution in [1.29, 1.82) is 0 Å². The Balaban J connectivity index is 2.70. The molecule has 0 aliphatic carbocycles. The van der Waals surface area contributed by atoms with Gasteiger partial charge in [-0.15, -0.1) is 0 Å². The Morgan fingerprint density at radius 2 is 1.76 bits per heavy atom. The van der Waals surface area contributed by atoms with Crippen molar-refractivity contribution in [3.8, 4) is 0 Å². The minimum absolute atomic E-state index is 0.371. The molecular weight excluding hydrogens is 288 g/mol. The predicted octanol–water partition coefficient (Wildman–Crippen LogP) is 2.44. The normalized spacial score (nSPS) is 11.6. The van der Waals surface area contributed by atoms with Gasteiger partial charge in [-0.3, -0.25) is 0 Å². The average molecular weight is 314 g/mol. The minimum Gasteiger partial charge on any atom is -0.388 e. The molecule has 1 aromatic carbocycles. The first-order valence-electron chi connectivity index (χ1n) is 7.28. The fourth-order valence-corrected chi connectivity index (χ4v) is 3.74. The van der Waals surface area contributed by atoms with Gasteiger partial charge in [0.2, 0.25) is 10.0 Å². The summed E-state index contributed by atoms with van der Waals surface area (Å²) in [4.78, 5) is 0.371. The Bertz CT molecular complexity index is 533. The zero-order valence-electron chi connectivity index (χ0n) is 13.3. The van der Waals surface area contributed by atoms with Gasteiger partial charge in [-0.25, -0.2) is 13.1 Å². The van der Waals surface area contributed by atoms with E-state index >= 15 is 0 Å². The molecule has 0 saturated heterocycles. The van der Waals surface area contributed by atoms with Crippen LogP contribution in [0.15, 0.2) is 17.0 Å². The first kappa shape index (κ1) is 17.9. The molecule has 0 aliphatic heterocycles. The Morgan fingerprint density at radius 3 is 2.29 bits per heavy atom. The van der Waals surface area contributed by atoms with Gasteiger partial charge in [0.05, 0.1) is 4.90 Å². The monoisotopic (exact) mass is 314 g/mol. The van der Waals surface area contributed by atoms with Gasteiger partial charge in [-0.2, -0.15) is 0 Å². The molecule has 0 unspecified atom stereocenters. The number of rotatable bonds is 9. The molecule has 0 saturated carbocycles. The van der Waals surface area contributed by atoms with E-state index in [1.54, 1.807) is 0 Å². The number of hydrogen-bond donors (Lipinski definition) is 2. The average Bonchev–Trinajstić information content (AvgIpc) is 2.41. The Labute approximate surface area is 128 Å². The van der Waals surface area contributed by atoms with Crippen LogP contribution in [0, 0.1) is 13.8 Å². The second-order valence-corrected chi connectivity index (χ2v) is 6.76. The van der Waals surface area contributed by atoms with Crippen LogP contribution in [-0.4, -0.2) is 35.2 Å². The third-order valence-corrected chi connectivity index (χ3v) is 4.89. The summed E-state index contributed by atoms with van der Waals surface area (Å²) in [6.45, 7) is 7.35. The highest BCUT2D eigenvalue weighted by Crippen LogP contribution is 2.24. The van der Waals surface area contributed by atoms with E-state index in [1.807, 2.05) is 40.0 Å². The van der Waals surface area contributed by atoms with Crippen LogP contribution < -0.4 is 10.0 Å². The molecule has 6 heteroatoms. The van der Waals surface area contributed by atoms with Gasteiger partial charge in [0.15, 0.2) is 0 Å². The van der Waals surface area contributed by atoms with Crippen LogP contribution in [0.4, 0.5) is 5.69 Å². The molecule has 0 bridgehead atoms. The van der Waals surface area contributed by atoms with Crippen LogP contribution in [0.25, 0.3) is 0 Å². The van der Waals surface area contributed by atoms with Crippen LogP contribution in [0.5, 0.6) is 0 Å². The summed E-state index contributed by atoms with van der Waals surface area (Å²) >= 11 is 0. The Kier molecular flexibility index (Phi) is 7.14. The standard InChI is InChI=1S/C15H26N2O3S/c1-5-8-20-9-6-7-17-21(18,19)15-12(2)10-14(16-4)11-13(15)3/h10-11,16-17H,5-9H2,1-4H3. The molecule has 0 spiro atoms. The van der Waals surface area contributed by atoms with E-state index in [9.17, 15) is 8.42 Å². The van der Waals surface area contributed by atoms with E-state index in [2.05, 4.69) is 10.0 Å². The maximum Gasteiger partial charge on any atom is 0.241 e. The fraction of sp³-hybridized carbons (Fsp3) is 0.600. The molecule has 0 atom stereocenters. The molecule has 0 radical (unpaired) electrons. The van der Waals surface area contributed by atoms with Crippen LogP contribution in [0.2, 0.25) is 0 Å². The van der Waals surface area contributed by atoms with Crippen LogP contribution in [0.3, 0.4) is 0 Å². The highest BCUT2D eigenvalue weighted by molar-refractivity contribution is 7.89. The molecule has 21 heavy (non-hydrogen) atoms. The van der Waals surface area contributed by atoms with E-state index in [4.69, 9.17) is 4.74 Å². The van der Waals surface area contributed by atoms with Crippen molar-refractivity contribution in [2.45, 2.75) is 38.5 Å². The Hall–Kier alpha value is -1.11. The van der Waals surface area contributed by atoms with Crippen molar-refractivity contribution in [3.63, 3.8) is 0 Å². The number of anilines is 1. The van der Waals surface area contributed by atoms with Crippen molar-refractivity contribution >= 4 is 15.7 Å². The minimum atomic E-state index is -3.47. The quantitative estimate of drug-likeness (QED) is 0.687. The topological polar surface area (TPSA) is 67.4 Å². The zero-order valence-corrected chi connectivity index (χ0v) is 14.1. The summed E-state index contributed by atoms with van der Waals surface area (Å²) in [6.07, 6.45) is 1.65. The molecular formula is C15H26N2O3S. The summed E-state index contributed by atoms with van der Waals surface area (Å²) in [7, 11) is -1.66. The maximum atomic E-state index is 12.4. The third kappa shape index (κ3) is 5.30. The van der Waals surface area contributed by atoms with E-state index in [-0.39, 0.29) is 0 Å². The molecule has 5 nitrogen and oxygen atoms in total. The maximum absolute atomic E-state index is 12.4. The van der Waals surface area contributed by atoms with Gasteiger partial charge >= 0.3 is 0 Å². The summed E-state index contributed by atoms with van der Waals surface area (Å²) in [5, 5.41) is 3.03. The molecule has 0 aromatic heterocycles. The van der Waals surface area contributed by atoms with Gasteiger partial charge in [0, 0.05) is 32.5 Å². The lowest BCUT2D eigenvalue weighted by Gasteiger charge is -2.14. The zero-order chi connectivity index (χ0) is 15.9. The molecule has 0 heterocycles. The van der Waals surface area contributed by atoms with E-state index < -0.39 is 10.0 Å². The van der Waals surface area contributed by atoms with Gasteiger partial charge < -0.3 is 10.1 Å². The summed E-state index contributed by atoms with van der Waals surface area (Å²) < 4.78 is 32.8. The molecule has 0 amide bonds. The molecule has 2 N–H and O–H groups in total. The first-order chi connectivity index (χ1) is 9.92. The van der Waals surface area contributed by atoms with Gasteiger partial charge in [-0.1, -0.05) is 6.92 Å². The number of aryl methyl sites for hydroxylation is 2. The molecule has 1 rings (SSSR count). The van der Waals surface area contributed by atoms with Crippen LogP contribution >= 0.6 is 0 Å². The summed E-state index contributed by atoms with van der Waals surface area (Å²) in [5.74, 6) is 0. The van der Waals surface area contributed by atoms with Gasteiger partial charge in [0.25, 0.3) is 0 Å². The Morgan fingerprint density at radius 1 is 1.14 bits per heavy atom. The van der Waals surface area contributed by atoms with Crippen molar-refractivity contribution in [3.05, 3.63) is 23.3 Å². The van der Waals surface area contributed by atoms with E-state index in [0.29, 0.717) is 24.5 Å². The number of sulfonamides is 1. The smallest absolute Gasteiger partial charge is 0.241 e. The van der Waals surface area contributed by atoms with Gasteiger partial charge in [0.1, 0.15) is 0 Å². The number of nitrogens with one attached hydrogen (secondary N) is 2. The van der Waals surface area contributed by atoms with E-state index in [1.165, 1.54) is 0 Å². The lowest BCUT2D eigenvalue weighted by atomic mass is 10.1. The summed E-state index contributed by atoms with van der Waals surface area (Å²) in [5.41, 5.74) is 2.40. The summed E-state index contributed by atoms with van der Waals surface area (Å²) in [6, 6.07) is 3.68. The highest BCUT2D eigenvalue weighted by Gasteiger charge is 2.19. The lowest BCUT2D eigenvalue weighted by Crippen LogP contribution is -2.27. The van der Waals surface area contributed by atoms with Crippen molar-refractivity contribution in [2.75, 3.05) is 32.1 Å². The largest absolute Gasteiger partial charge is 0.388 e. The number of hydrogen-bond acceptors (Lipinski definition) is 4. The van der Waals surface area contributed by atoms with Crippen LogP contribution in [-0.2, 0) is 14.8 Å². The lowest BCUT2D eigenvalue weighted by molar-refractivity contribution is 0.133. The second-order valence-electron chi connectivity index (χ2n) is 5.05. The van der Waals surface area contributed by atoms with Gasteiger partial charge in [-0.05, 0) is 49.9 Å². The van der Waals surface area contributed by atoms with Crippen molar-refractivity contribution in [1.82, 2.24) is 4.72 Å². The number of ether oxygens (including phenoxy) is 1. The highest BCUT2D eigenvalue weighted by atomic mass is 32.2. The van der Waals surface area contributed by atoms with E-state index in [0.717, 1.165) is 29.8 Å². The molecule has 120 valence electrons. The van der Waals surface area contributed by atoms with Crippen molar-refractivity contribution in [2.24, 2.45) is 0 Å². The fourth-order valence-electron chi connectivity index (χ4n) is 2.22. The van der Waals surface area contributed by atoms with Crippen molar-refractivity contribution < 1.29 is 13.2 Å². The number of benzene rings is 1.